The number of amides is 2. The van der Waals surface area contributed by atoms with Gasteiger partial charge >= 0.3 is 0 Å². The number of hydrogen-bond donors (Lipinski definition) is 2. The Bertz CT molecular complexity index is 1020. The normalized spacial score (nSPS) is 10.5. The number of thioether (sulfide) groups is 1. The summed E-state index contributed by atoms with van der Waals surface area (Å²) in [6.07, 6.45) is 0. The fourth-order valence-corrected chi connectivity index (χ4v) is 3.25. The van der Waals surface area contributed by atoms with Gasteiger partial charge in [-0.05, 0) is 31.2 Å². The van der Waals surface area contributed by atoms with Crippen molar-refractivity contribution in [1.82, 2.24) is 25.6 Å². The van der Waals surface area contributed by atoms with Gasteiger partial charge in [0.15, 0.2) is 17.6 Å². The number of carbonyl (C=O) groups excluding carboxylic acids is 2. The van der Waals surface area contributed by atoms with Crippen molar-refractivity contribution in [2.24, 2.45) is 7.05 Å². The van der Waals surface area contributed by atoms with Gasteiger partial charge in [-0.3, -0.25) is 20.4 Å². The summed E-state index contributed by atoms with van der Waals surface area (Å²) < 4.78 is 7.12. The van der Waals surface area contributed by atoms with Crippen LogP contribution >= 0.6 is 23.4 Å². The molecular formula is C20H20ClN5O3S. The number of nitrogens with zero attached hydrogens (tertiary/aromatic N) is 3. The molecule has 0 spiro atoms. The average Bonchev–Trinajstić information content (AvgIpc) is 3.11. The highest BCUT2D eigenvalue weighted by atomic mass is 35.5. The first kappa shape index (κ1) is 21.7. The highest BCUT2D eigenvalue weighted by Gasteiger charge is 2.13. The third kappa shape index (κ3) is 5.98. The van der Waals surface area contributed by atoms with Gasteiger partial charge in [0.2, 0.25) is 5.91 Å². The van der Waals surface area contributed by atoms with Crippen LogP contribution in [0.25, 0.3) is 11.4 Å². The summed E-state index contributed by atoms with van der Waals surface area (Å²) >= 11 is 7.01. The molecule has 0 unspecified atom stereocenters. The minimum absolute atomic E-state index is 0.0677. The van der Waals surface area contributed by atoms with Crippen molar-refractivity contribution in [3.05, 3.63) is 59.1 Å². The number of halogens is 1. The van der Waals surface area contributed by atoms with Crippen molar-refractivity contribution in [1.29, 1.82) is 0 Å². The van der Waals surface area contributed by atoms with E-state index in [-0.39, 0.29) is 18.3 Å². The number of ether oxygens (including phenoxy) is 1. The maximum atomic E-state index is 12.0. The maximum absolute atomic E-state index is 12.0. The van der Waals surface area contributed by atoms with E-state index in [1.807, 2.05) is 42.8 Å². The number of carbonyl (C=O) groups is 2. The molecule has 0 aliphatic carbocycles. The van der Waals surface area contributed by atoms with Crippen molar-refractivity contribution in [2.75, 3.05) is 12.4 Å². The van der Waals surface area contributed by atoms with Gasteiger partial charge in [-0.1, -0.05) is 53.2 Å². The predicted molar refractivity (Wildman–Crippen MR) is 115 cm³/mol. The Morgan fingerprint density at radius 3 is 2.40 bits per heavy atom. The Kier molecular flexibility index (Phi) is 7.31. The summed E-state index contributed by atoms with van der Waals surface area (Å²) in [5, 5.41) is 9.49. The number of nitrogens with one attached hydrogen (secondary N) is 2. The van der Waals surface area contributed by atoms with E-state index in [1.165, 1.54) is 11.8 Å². The van der Waals surface area contributed by atoms with Crippen molar-refractivity contribution in [3.8, 4) is 17.1 Å². The fourth-order valence-electron chi connectivity index (χ4n) is 2.42. The Hall–Kier alpha value is -3.04. The molecule has 0 atom stereocenters. The molecule has 3 aromatic rings. The van der Waals surface area contributed by atoms with Crippen molar-refractivity contribution in [2.45, 2.75) is 12.1 Å². The monoisotopic (exact) mass is 445 g/mol. The van der Waals surface area contributed by atoms with Crippen LogP contribution in [-0.2, 0) is 16.6 Å². The van der Waals surface area contributed by atoms with Crippen LogP contribution in [0.4, 0.5) is 0 Å². The van der Waals surface area contributed by atoms with E-state index in [1.54, 1.807) is 24.3 Å². The van der Waals surface area contributed by atoms with Crippen LogP contribution in [0.1, 0.15) is 5.56 Å². The zero-order valence-electron chi connectivity index (χ0n) is 16.4. The first-order valence-corrected chi connectivity index (χ1v) is 10.3. The van der Waals surface area contributed by atoms with Gasteiger partial charge in [-0.25, -0.2) is 0 Å². The number of hydrogen-bond acceptors (Lipinski definition) is 6. The van der Waals surface area contributed by atoms with Crippen LogP contribution in [0.5, 0.6) is 5.75 Å². The summed E-state index contributed by atoms with van der Waals surface area (Å²) in [4.78, 5) is 23.8. The number of hydrazine groups is 1. The van der Waals surface area contributed by atoms with Gasteiger partial charge in [0.05, 0.1) is 5.75 Å². The molecule has 2 amide bonds. The predicted octanol–water partition coefficient (Wildman–Crippen LogP) is 2.76. The summed E-state index contributed by atoms with van der Waals surface area (Å²) in [6.45, 7) is 1.78. The second kappa shape index (κ2) is 10.1. The molecule has 0 fully saturated rings. The zero-order chi connectivity index (χ0) is 21.5. The second-order valence-electron chi connectivity index (χ2n) is 6.36. The van der Waals surface area contributed by atoms with Crippen LogP contribution in [0, 0.1) is 6.92 Å². The van der Waals surface area contributed by atoms with E-state index in [4.69, 9.17) is 16.3 Å². The Morgan fingerprint density at radius 2 is 1.70 bits per heavy atom. The molecular weight excluding hydrogens is 426 g/mol. The molecule has 30 heavy (non-hydrogen) atoms. The van der Waals surface area contributed by atoms with E-state index in [0.29, 0.717) is 21.8 Å². The minimum atomic E-state index is -0.483. The Balaban J connectivity index is 1.43. The highest BCUT2D eigenvalue weighted by molar-refractivity contribution is 7.99. The number of aromatic nitrogens is 3. The topological polar surface area (TPSA) is 98.1 Å². The molecule has 10 heteroatoms. The molecule has 0 radical (unpaired) electrons. The molecule has 8 nitrogen and oxygen atoms in total. The average molecular weight is 446 g/mol. The van der Waals surface area contributed by atoms with Crippen molar-refractivity contribution in [3.63, 3.8) is 0 Å². The summed E-state index contributed by atoms with van der Waals surface area (Å²) in [5.74, 6) is 0.426. The third-order valence-corrected chi connectivity index (χ3v) is 5.27. The molecule has 2 N–H and O–H groups in total. The van der Waals surface area contributed by atoms with E-state index in [9.17, 15) is 9.59 Å². The lowest BCUT2D eigenvalue weighted by Crippen LogP contribution is -2.44. The smallest absolute Gasteiger partial charge is 0.276 e. The molecule has 0 aliphatic rings. The third-order valence-electron chi connectivity index (χ3n) is 4.00. The molecule has 3 rings (SSSR count). The molecule has 1 aromatic heterocycles. The molecule has 0 aliphatic heterocycles. The Labute approximate surface area is 182 Å². The van der Waals surface area contributed by atoms with Crippen LogP contribution in [0.3, 0.4) is 0 Å². The zero-order valence-corrected chi connectivity index (χ0v) is 18.0. The number of benzene rings is 2. The lowest BCUT2D eigenvalue weighted by molar-refractivity contribution is -0.128. The van der Waals surface area contributed by atoms with E-state index in [2.05, 4.69) is 21.0 Å². The molecule has 0 saturated heterocycles. The summed E-state index contributed by atoms with van der Waals surface area (Å²) in [6, 6.07) is 14.6. The maximum Gasteiger partial charge on any atom is 0.276 e. The molecule has 2 aromatic carbocycles. The van der Waals surface area contributed by atoms with Crippen LogP contribution in [0.2, 0.25) is 5.02 Å². The quantitative estimate of drug-likeness (QED) is 0.428. The van der Waals surface area contributed by atoms with Gasteiger partial charge in [0.25, 0.3) is 5.91 Å². The van der Waals surface area contributed by atoms with E-state index < -0.39 is 5.91 Å². The molecule has 1 heterocycles. The lowest BCUT2D eigenvalue weighted by atomic mass is 10.1. The first-order chi connectivity index (χ1) is 14.4. The number of rotatable bonds is 7. The molecule has 0 bridgehead atoms. The van der Waals surface area contributed by atoms with Crippen LogP contribution in [0.15, 0.2) is 53.7 Å². The van der Waals surface area contributed by atoms with Crippen molar-refractivity contribution < 1.29 is 14.3 Å². The highest BCUT2D eigenvalue weighted by Crippen LogP contribution is 2.22. The Morgan fingerprint density at radius 1 is 1.03 bits per heavy atom. The first-order valence-electron chi connectivity index (χ1n) is 8.97. The van der Waals surface area contributed by atoms with Gasteiger partial charge in [-0.15, -0.1) is 10.2 Å². The minimum Gasteiger partial charge on any atom is -0.484 e. The van der Waals surface area contributed by atoms with E-state index in [0.717, 1.165) is 11.1 Å². The summed E-state index contributed by atoms with van der Waals surface area (Å²) in [7, 11) is 1.84. The summed E-state index contributed by atoms with van der Waals surface area (Å²) in [5.41, 5.74) is 6.75. The van der Waals surface area contributed by atoms with Crippen LogP contribution in [-0.4, -0.2) is 38.9 Å². The van der Waals surface area contributed by atoms with Gasteiger partial charge < -0.3 is 9.30 Å². The van der Waals surface area contributed by atoms with Gasteiger partial charge in [0, 0.05) is 17.6 Å². The van der Waals surface area contributed by atoms with E-state index >= 15 is 0 Å². The molecule has 156 valence electrons. The van der Waals surface area contributed by atoms with Gasteiger partial charge in [-0.2, -0.15) is 0 Å². The largest absolute Gasteiger partial charge is 0.484 e. The number of aryl methyl sites for hydroxylation is 1. The molecule has 0 saturated carbocycles. The van der Waals surface area contributed by atoms with Gasteiger partial charge in [0.1, 0.15) is 5.75 Å². The van der Waals surface area contributed by atoms with Crippen LogP contribution < -0.4 is 15.6 Å². The lowest BCUT2D eigenvalue weighted by Gasteiger charge is -2.09. The SMILES string of the molecule is Cc1ccc(-c2nnc(SCC(=O)NNC(=O)COc3ccc(Cl)cc3)n2C)cc1. The van der Waals surface area contributed by atoms with Crippen molar-refractivity contribution >= 4 is 35.2 Å². The standard InChI is InChI=1S/C20H20ClN5O3S/c1-13-3-5-14(6-4-13)19-24-25-20(26(19)2)30-12-18(28)23-22-17(27)11-29-16-9-7-15(21)8-10-16/h3-10H,11-12H2,1-2H3,(H,22,27)(H,23,28). The second-order valence-corrected chi connectivity index (χ2v) is 7.74. The fraction of sp³-hybridized carbons (Fsp3) is 0.200.